The average molecular weight is 591 g/mol. The highest BCUT2D eigenvalue weighted by molar-refractivity contribution is 7.27. The summed E-state index contributed by atoms with van der Waals surface area (Å²) in [5.74, 6) is 2.42. The van der Waals surface area contributed by atoms with Gasteiger partial charge in [0.15, 0.2) is 0 Å². The molecule has 5 unspecified atom stereocenters. The van der Waals surface area contributed by atoms with Gasteiger partial charge in [0.2, 0.25) is 0 Å². The third kappa shape index (κ3) is 6.25. The molecule has 2 heteroatoms. The van der Waals surface area contributed by atoms with Crippen LogP contribution in [0, 0.1) is 0 Å². The number of hydrogen-bond acceptors (Lipinski definition) is 1. The smallest absolute Gasteiger partial charge is 0.126 e. The maximum absolute atomic E-state index is 6.46. The van der Waals surface area contributed by atoms with Crippen molar-refractivity contribution in [1.82, 2.24) is 0 Å². The number of rotatable bonds is 11. The second kappa shape index (κ2) is 12.6. The molecule has 0 N–H and O–H groups in total. The Labute approximate surface area is 262 Å². The summed E-state index contributed by atoms with van der Waals surface area (Å²) in [6.45, 7) is 24.6. The van der Waals surface area contributed by atoms with Gasteiger partial charge in [-0.15, -0.1) is 9.24 Å². The molecule has 0 saturated carbocycles. The molecule has 2 aliphatic carbocycles. The molecule has 0 heterocycles. The molecule has 234 valence electrons. The molecule has 2 aromatic carbocycles. The van der Waals surface area contributed by atoms with E-state index in [-0.39, 0.29) is 21.7 Å². The Morgan fingerprint density at radius 3 is 2.02 bits per heavy atom. The van der Waals surface area contributed by atoms with Crippen molar-refractivity contribution in [2.24, 2.45) is 0 Å². The highest BCUT2D eigenvalue weighted by Gasteiger charge is 2.43. The lowest BCUT2D eigenvalue weighted by atomic mass is 9.62. The Kier molecular flexibility index (Phi) is 10.1. The van der Waals surface area contributed by atoms with E-state index in [0.717, 1.165) is 6.42 Å². The van der Waals surface area contributed by atoms with E-state index in [9.17, 15) is 0 Å². The molecule has 0 spiro atoms. The summed E-state index contributed by atoms with van der Waals surface area (Å²) < 4.78 is 6.46. The topological polar surface area (TPSA) is 9.23 Å². The van der Waals surface area contributed by atoms with Gasteiger partial charge in [-0.1, -0.05) is 113 Å². The predicted octanol–water partition coefficient (Wildman–Crippen LogP) is 11.5. The van der Waals surface area contributed by atoms with Crippen LogP contribution in [-0.4, -0.2) is 7.11 Å². The third-order valence-electron chi connectivity index (χ3n) is 11.8. The molecule has 5 atom stereocenters. The quantitative estimate of drug-likeness (QED) is 0.237. The first kappa shape index (κ1) is 33.6. The zero-order valence-electron chi connectivity index (χ0n) is 29.2. The SMILES string of the molecule is CCCCC(C)(CC(C)(CCC)c1cc2cc(c1P)C(C)(C)CCC2C)c1cc2cc(c1OC)C(C)(C)CCC2CC. The lowest BCUT2D eigenvalue weighted by Crippen LogP contribution is -2.38. The highest BCUT2D eigenvalue weighted by atomic mass is 31.0. The molecule has 4 rings (SSSR count). The van der Waals surface area contributed by atoms with Gasteiger partial charge in [0, 0.05) is 11.1 Å². The Balaban J connectivity index is 1.96. The van der Waals surface area contributed by atoms with Crippen LogP contribution in [0.3, 0.4) is 0 Å². The lowest BCUT2D eigenvalue weighted by Gasteiger charge is -2.43. The monoisotopic (exact) mass is 590 g/mol. The van der Waals surface area contributed by atoms with Crippen LogP contribution in [0.25, 0.3) is 0 Å². The summed E-state index contributed by atoms with van der Waals surface area (Å²) in [6, 6.07) is 10.3. The van der Waals surface area contributed by atoms with Crippen LogP contribution >= 0.6 is 9.24 Å². The molecule has 0 aromatic heterocycles. The minimum Gasteiger partial charge on any atom is -0.496 e. The number of hydrogen-bond donors (Lipinski definition) is 0. The number of ether oxygens (including phenoxy) is 1. The summed E-state index contributed by atoms with van der Waals surface area (Å²) >= 11 is 0. The van der Waals surface area contributed by atoms with Crippen molar-refractivity contribution in [1.29, 1.82) is 0 Å². The van der Waals surface area contributed by atoms with Gasteiger partial charge < -0.3 is 4.74 Å². The zero-order chi connectivity index (χ0) is 31.1. The maximum Gasteiger partial charge on any atom is 0.126 e. The largest absolute Gasteiger partial charge is 0.496 e. The summed E-state index contributed by atoms with van der Waals surface area (Å²) in [6.07, 6.45) is 13.4. The molecule has 4 bridgehead atoms. The van der Waals surface area contributed by atoms with Crippen molar-refractivity contribution in [2.75, 3.05) is 7.11 Å². The van der Waals surface area contributed by atoms with E-state index in [1.54, 1.807) is 22.3 Å². The van der Waals surface area contributed by atoms with Crippen LogP contribution in [-0.2, 0) is 21.7 Å². The fraction of sp³-hybridized carbons (Fsp3) is 0.700. The molecule has 0 amide bonds. The number of unbranched alkanes of at least 4 members (excludes halogenated alkanes) is 1. The van der Waals surface area contributed by atoms with Crippen LogP contribution in [0.4, 0.5) is 0 Å². The average Bonchev–Trinajstić information content (AvgIpc) is 3.10. The van der Waals surface area contributed by atoms with E-state index in [4.69, 9.17) is 4.74 Å². The van der Waals surface area contributed by atoms with Gasteiger partial charge in [0.25, 0.3) is 0 Å². The van der Waals surface area contributed by atoms with Crippen LogP contribution in [0.5, 0.6) is 5.75 Å². The second-order valence-electron chi connectivity index (χ2n) is 16.2. The fourth-order valence-corrected chi connectivity index (χ4v) is 9.75. The third-order valence-corrected chi connectivity index (χ3v) is 12.4. The Morgan fingerprint density at radius 1 is 0.810 bits per heavy atom. The summed E-state index contributed by atoms with van der Waals surface area (Å²) in [5, 5.41) is 1.47. The van der Waals surface area contributed by atoms with Gasteiger partial charge in [0.1, 0.15) is 5.75 Å². The number of fused-ring (bicyclic) bond motifs is 4. The van der Waals surface area contributed by atoms with Gasteiger partial charge in [-0.3, -0.25) is 0 Å². The molecule has 0 fully saturated rings. The maximum atomic E-state index is 6.46. The van der Waals surface area contributed by atoms with Crippen LogP contribution in [0.1, 0.15) is 185 Å². The van der Waals surface area contributed by atoms with Crippen molar-refractivity contribution in [2.45, 2.75) is 173 Å². The molecule has 0 radical (unpaired) electrons. The van der Waals surface area contributed by atoms with Gasteiger partial charge in [-0.05, 0) is 112 Å². The number of benzene rings is 2. The molecule has 0 saturated heterocycles. The first-order valence-electron chi connectivity index (χ1n) is 17.3. The van der Waals surface area contributed by atoms with Crippen LogP contribution in [0.2, 0.25) is 0 Å². The van der Waals surface area contributed by atoms with Gasteiger partial charge in [-0.25, -0.2) is 0 Å². The standard InChI is InChI=1S/C40H63OP/c1-12-15-19-40(10,32-25-30-24-31(35(32)41-11)37(5,6)21-17-28(30)14-3)26-39(9,18-13-2)34-23-29-22-33(36(34)42)38(7,8)20-16-27(29)4/h22-25,27-28H,12-21,26,42H2,1-11H3. The van der Waals surface area contributed by atoms with Crippen molar-refractivity contribution < 1.29 is 4.74 Å². The summed E-state index contributed by atoms with van der Waals surface area (Å²) in [4.78, 5) is 0. The highest BCUT2D eigenvalue weighted by Crippen LogP contribution is 2.53. The molecule has 1 nitrogen and oxygen atoms in total. The van der Waals surface area contributed by atoms with E-state index in [2.05, 4.69) is 103 Å². The Morgan fingerprint density at radius 2 is 1.40 bits per heavy atom. The van der Waals surface area contributed by atoms with Crippen molar-refractivity contribution in [3.63, 3.8) is 0 Å². The van der Waals surface area contributed by atoms with Crippen LogP contribution in [0.15, 0.2) is 24.3 Å². The van der Waals surface area contributed by atoms with E-state index >= 15 is 0 Å². The normalized spacial score (nSPS) is 23.8. The summed E-state index contributed by atoms with van der Waals surface area (Å²) in [5.41, 5.74) is 9.55. The zero-order valence-corrected chi connectivity index (χ0v) is 30.4. The van der Waals surface area contributed by atoms with Gasteiger partial charge in [-0.2, -0.15) is 0 Å². The van der Waals surface area contributed by atoms with Crippen molar-refractivity contribution in [3.8, 4) is 5.75 Å². The molecule has 0 aliphatic heterocycles. The lowest BCUT2D eigenvalue weighted by molar-refractivity contribution is 0.262. The van der Waals surface area contributed by atoms with Crippen molar-refractivity contribution >= 4 is 14.5 Å². The Bertz CT molecular complexity index is 1250. The molecule has 2 aromatic rings. The molecular weight excluding hydrogens is 527 g/mol. The van der Waals surface area contributed by atoms with Crippen molar-refractivity contribution in [3.05, 3.63) is 57.6 Å². The first-order chi connectivity index (χ1) is 19.7. The van der Waals surface area contributed by atoms with E-state index < -0.39 is 0 Å². The van der Waals surface area contributed by atoms with Gasteiger partial charge >= 0.3 is 0 Å². The molecule has 42 heavy (non-hydrogen) atoms. The van der Waals surface area contributed by atoms with E-state index in [1.165, 1.54) is 86.4 Å². The fourth-order valence-electron chi connectivity index (χ4n) is 8.85. The Hall–Kier alpha value is -1.33. The molecular formula is C40H63OP. The first-order valence-corrected chi connectivity index (χ1v) is 17.9. The summed E-state index contributed by atoms with van der Waals surface area (Å²) in [7, 11) is 5.17. The van der Waals surface area contributed by atoms with E-state index in [0.29, 0.717) is 11.8 Å². The minimum absolute atomic E-state index is 0.0172. The second-order valence-corrected chi connectivity index (χ2v) is 16.8. The molecule has 2 aliphatic rings. The van der Waals surface area contributed by atoms with E-state index in [1.807, 2.05) is 7.11 Å². The minimum atomic E-state index is 0.0172. The predicted molar refractivity (Wildman–Crippen MR) is 189 cm³/mol. The van der Waals surface area contributed by atoms with Gasteiger partial charge in [0.05, 0.1) is 7.11 Å². The number of methoxy groups -OCH3 is 1. The van der Waals surface area contributed by atoms with Crippen LogP contribution < -0.4 is 10.0 Å².